The van der Waals surface area contributed by atoms with E-state index in [2.05, 4.69) is 0 Å². The SMILES string of the molecule is C[C@@H](N)c1ccc(OCc2cccc(C#N)c2F)c(F)c1. The third kappa shape index (κ3) is 3.36. The molecule has 0 aliphatic heterocycles. The predicted molar refractivity (Wildman–Crippen MR) is 74.4 cm³/mol. The first-order valence-corrected chi connectivity index (χ1v) is 6.38. The zero-order valence-corrected chi connectivity index (χ0v) is 11.4. The second-order valence-electron chi connectivity index (χ2n) is 4.66. The van der Waals surface area contributed by atoms with Gasteiger partial charge in [0.1, 0.15) is 18.5 Å². The number of benzene rings is 2. The molecule has 0 spiro atoms. The lowest BCUT2D eigenvalue weighted by molar-refractivity contribution is 0.284. The van der Waals surface area contributed by atoms with Gasteiger partial charge >= 0.3 is 0 Å². The lowest BCUT2D eigenvalue weighted by Gasteiger charge is -2.11. The van der Waals surface area contributed by atoms with Crippen molar-refractivity contribution in [2.24, 2.45) is 5.73 Å². The number of hydrogen-bond acceptors (Lipinski definition) is 3. The van der Waals surface area contributed by atoms with Gasteiger partial charge in [0.15, 0.2) is 11.6 Å². The molecule has 2 aromatic rings. The number of nitriles is 1. The van der Waals surface area contributed by atoms with Gasteiger partial charge in [0, 0.05) is 11.6 Å². The number of nitrogens with zero attached hydrogens (tertiary/aromatic N) is 1. The number of rotatable bonds is 4. The lowest BCUT2D eigenvalue weighted by atomic mass is 10.1. The molecular formula is C16H14F2N2O. The Labute approximate surface area is 121 Å². The summed E-state index contributed by atoms with van der Waals surface area (Å²) in [5.74, 6) is -1.18. The van der Waals surface area contributed by atoms with Crippen LogP contribution in [-0.2, 0) is 6.61 Å². The summed E-state index contributed by atoms with van der Waals surface area (Å²) in [4.78, 5) is 0. The minimum Gasteiger partial charge on any atom is -0.486 e. The van der Waals surface area contributed by atoms with Crippen LogP contribution in [0.1, 0.15) is 29.7 Å². The number of ether oxygens (including phenoxy) is 1. The molecule has 0 radical (unpaired) electrons. The fraction of sp³-hybridized carbons (Fsp3) is 0.188. The molecule has 0 aromatic heterocycles. The van der Waals surface area contributed by atoms with Crippen LogP contribution in [-0.4, -0.2) is 0 Å². The van der Waals surface area contributed by atoms with E-state index in [1.54, 1.807) is 25.1 Å². The van der Waals surface area contributed by atoms with Crippen LogP contribution in [0.4, 0.5) is 8.78 Å². The van der Waals surface area contributed by atoms with Crippen LogP contribution in [0, 0.1) is 23.0 Å². The molecule has 2 rings (SSSR count). The summed E-state index contributed by atoms with van der Waals surface area (Å²) in [6, 6.07) is 10.3. The van der Waals surface area contributed by atoms with Crippen molar-refractivity contribution in [1.29, 1.82) is 5.26 Å². The Bertz CT molecular complexity index is 693. The Balaban J connectivity index is 2.16. The van der Waals surface area contributed by atoms with Gasteiger partial charge in [-0.2, -0.15) is 5.26 Å². The molecule has 0 fully saturated rings. The second-order valence-corrected chi connectivity index (χ2v) is 4.66. The number of hydrogen-bond donors (Lipinski definition) is 1. The Morgan fingerprint density at radius 2 is 2.05 bits per heavy atom. The van der Waals surface area contributed by atoms with Gasteiger partial charge in [-0.3, -0.25) is 0 Å². The summed E-state index contributed by atoms with van der Waals surface area (Å²) in [6.07, 6.45) is 0. The molecule has 2 N–H and O–H groups in total. The van der Waals surface area contributed by atoms with Gasteiger partial charge in [-0.1, -0.05) is 18.2 Å². The summed E-state index contributed by atoms with van der Waals surface area (Å²) < 4.78 is 32.9. The third-order valence-electron chi connectivity index (χ3n) is 3.06. The fourth-order valence-corrected chi connectivity index (χ4v) is 1.85. The number of halogens is 2. The van der Waals surface area contributed by atoms with E-state index in [9.17, 15) is 8.78 Å². The van der Waals surface area contributed by atoms with E-state index < -0.39 is 11.6 Å². The van der Waals surface area contributed by atoms with Gasteiger partial charge in [-0.05, 0) is 30.7 Å². The topological polar surface area (TPSA) is 59.0 Å². The summed E-state index contributed by atoms with van der Waals surface area (Å²) in [5.41, 5.74) is 6.45. The van der Waals surface area contributed by atoms with Crippen molar-refractivity contribution in [3.8, 4) is 11.8 Å². The third-order valence-corrected chi connectivity index (χ3v) is 3.06. The predicted octanol–water partition coefficient (Wildman–Crippen LogP) is 3.44. The molecule has 0 unspecified atom stereocenters. The quantitative estimate of drug-likeness (QED) is 0.937. The van der Waals surface area contributed by atoms with Crippen molar-refractivity contribution in [2.75, 3.05) is 0 Å². The van der Waals surface area contributed by atoms with Gasteiger partial charge in [0.25, 0.3) is 0 Å². The van der Waals surface area contributed by atoms with Crippen LogP contribution in [0.5, 0.6) is 5.75 Å². The first kappa shape index (κ1) is 14.9. The molecular weight excluding hydrogens is 274 g/mol. The Morgan fingerprint density at radius 3 is 2.67 bits per heavy atom. The van der Waals surface area contributed by atoms with Gasteiger partial charge in [0.2, 0.25) is 0 Å². The van der Waals surface area contributed by atoms with Crippen LogP contribution in [0.3, 0.4) is 0 Å². The van der Waals surface area contributed by atoms with Gasteiger partial charge in [0.05, 0.1) is 5.56 Å². The highest BCUT2D eigenvalue weighted by Crippen LogP contribution is 2.23. The minimum atomic E-state index is -0.646. The molecule has 0 saturated heterocycles. The second kappa shape index (κ2) is 6.33. The number of nitrogens with two attached hydrogens (primary N) is 1. The van der Waals surface area contributed by atoms with Crippen molar-refractivity contribution >= 4 is 0 Å². The van der Waals surface area contributed by atoms with Crippen molar-refractivity contribution in [3.05, 3.63) is 64.7 Å². The molecule has 2 aromatic carbocycles. The average Bonchev–Trinajstić information content (AvgIpc) is 2.47. The van der Waals surface area contributed by atoms with E-state index in [1.165, 1.54) is 24.3 Å². The molecule has 21 heavy (non-hydrogen) atoms. The Kier molecular flexibility index (Phi) is 4.51. The first-order chi connectivity index (χ1) is 10.0. The van der Waals surface area contributed by atoms with Crippen molar-refractivity contribution in [1.82, 2.24) is 0 Å². The van der Waals surface area contributed by atoms with Gasteiger partial charge in [-0.15, -0.1) is 0 Å². The van der Waals surface area contributed by atoms with E-state index in [4.69, 9.17) is 15.7 Å². The van der Waals surface area contributed by atoms with Crippen LogP contribution in [0.15, 0.2) is 36.4 Å². The maximum atomic E-state index is 13.8. The van der Waals surface area contributed by atoms with E-state index in [1.807, 2.05) is 0 Å². The molecule has 0 aliphatic carbocycles. The highest BCUT2D eigenvalue weighted by atomic mass is 19.1. The van der Waals surface area contributed by atoms with Gasteiger partial charge in [-0.25, -0.2) is 8.78 Å². The molecule has 0 amide bonds. The molecule has 0 heterocycles. The highest BCUT2D eigenvalue weighted by Gasteiger charge is 2.11. The van der Waals surface area contributed by atoms with E-state index in [-0.39, 0.29) is 29.5 Å². The Morgan fingerprint density at radius 1 is 1.29 bits per heavy atom. The molecule has 108 valence electrons. The maximum Gasteiger partial charge on any atom is 0.165 e. The molecule has 3 nitrogen and oxygen atoms in total. The fourth-order valence-electron chi connectivity index (χ4n) is 1.85. The van der Waals surface area contributed by atoms with Crippen LogP contribution in [0.25, 0.3) is 0 Å². The monoisotopic (exact) mass is 288 g/mol. The smallest absolute Gasteiger partial charge is 0.165 e. The summed E-state index contributed by atoms with van der Waals surface area (Å²) in [6.45, 7) is 1.59. The average molecular weight is 288 g/mol. The molecule has 0 saturated carbocycles. The highest BCUT2D eigenvalue weighted by molar-refractivity contribution is 5.35. The zero-order valence-electron chi connectivity index (χ0n) is 11.4. The molecule has 0 aliphatic rings. The van der Waals surface area contributed by atoms with Crippen LogP contribution >= 0.6 is 0 Å². The van der Waals surface area contributed by atoms with Crippen molar-refractivity contribution in [2.45, 2.75) is 19.6 Å². The largest absolute Gasteiger partial charge is 0.486 e. The van der Waals surface area contributed by atoms with Crippen molar-refractivity contribution < 1.29 is 13.5 Å². The summed E-state index contributed by atoms with van der Waals surface area (Å²) in [5, 5.41) is 8.75. The van der Waals surface area contributed by atoms with E-state index >= 15 is 0 Å². The molecule has 0 bridgehead atoms. The minimum absolute atomic E-state index is 0.0150. The standard InChI is InChI=1S/C16H14F2N2O/c1-10(20)11-5-6-15(14(17)7-11)21-9-13-4-2-3-12(8-19)16(13)18/h2-7,10H,9,20H2,1H3/t10-/m1/s1. The van der Waals surface area contributed by atoms with Crippen LogP contribution < -0.4 is 10.5 Å². The van der Waals surface area contributed by atoms with E-state index in [0.717, 1.165) is 0 Å². The van der Waals surface area contributed by atoms with E-state index in [0.29, 0.717) is 5.56 Å². The zero-order chi connectivity index (χ0) is 15.4. The first-order valence-electron chi connectivity index (χ1n) is 6.38. The van der Waals surface area contributed by atoms with Crippen molar-refractivity contribution in [3.63, 3.8) is 0 Å². The Hall–Kier alpha value is -2.45. The van der Waals surface area contributed by atoms with Gasteiger partial charge < -0.3 is 10.5 Å². The molecule has 1 atom stereocenters. The van der Waals surface area contributed by atoms with Crippen LogP contribution in [0.2, 0.25) is 0 Å². The maximum absolute atomic E-state index is 13.8. The normalized spacial score (nSPS) is 11.8. The summed E-state index contributed by atoms with van der Waals surface area (Å²) >= 11 is 0. The summed E-state index contributed by atoms with van der Waals surface area (Å²) in [7, 11) is 0. The lowest BCUT2D eigenvalue weighted by Crippen LogP contribution is -2.06. The molecule has 5 heteroatoms.